The molecule has 1 aromatic carbocycles. The molecule has 1 aliphatic rings. The molecule has 0 radical (unpaired) electrons. The molecule has 1 aliphatic heterocycles. The fourth-order valence-electron chi connectivity index (χ4n) is 2.26. The minimum absolute atomic E-state index is 0.0719. The van der Waals surface area contributed by atoms with E-state index in [9.17, 15) is 9.59 Å². The van der Waals surface area contributed by atoms with Crippen LogP contribution in [0.2, 0.25) is 0 Å². The Kier molecular flexibility index (Phi) is 4.74. The zero-order chi connectivity index (χ0) is 14.5. The van der Waals surface area contributed by atoms with Crippen LogP contribution < -0.4 is 0 Å². The van der Waals surface area contributed by atoms with Gasteiger partial charge in [0.2, 0.25) is 5.91 Å². The first kappa shape index (κ1) is 14.5. The van der Waals surface area contributed by atoms with Gasteiger partial charge in [0.15, 0.2) is 5.92 Å². The highest BCUT2D eigenvalue weighted by Crippen LogP contribution is 2.18. The summed E-state index contributed by atoms with van der Waals surface area (Å²) in [4.78, 5) is 25.9. The predicted octanol–water partition coefficient (Wildman–Crippen LogP) is 1.22. The van der Waals surface area contributed by atoms with Gasteiger partial charge in [-0.15, -0.1) is 0 Å². The number of carbonyl (C=O) groups is 2. The van der Waals surface area contributed by atoms with Gasteiger partial charge in [-0.05, 0) is 12.5 Å². The van der Waals surface area contributed by atoms with E-state index in [2.05, 4.69) is 4.74 Å². The van der Waals surface area contributed by atoms with Crippen molar-refractivity contribution in [3.63, 3.8) is 0 Å². The molecule has 5 nitrogen and oxygen atoms in total. The molecule has 1 aromatic rings. The van der Waals surface area contributed by atoms with Crippen molar-refractivity contribution in [2.75, 3.05) is 20.3 Å². The number of rotatable bonds is 3. The van der Waals surface area contributed by atoms with Crippen LogP contribution in [-0.4, -0.2) is 43.1 Å². The normalized spacial score (nSPS) is 23.3. The van der Waals surface area contributed by atoms with Crippen molar-refractivity contribution in [3.05, 3.63) is 35.9 Å². The Labute approximate surface area is 118 Å². The van der Waals surface area contributed by atoms with E-state index in [1.807, 2.05) is 37.3 Å². The maximum absolute atomic E-state index is 12.5. The van der Waals surface area contributed by atoms with Gasteiger partial charge >= 0.3 is 5.97 Å². The van der Waals surface area contributed by atoms with Gasteiger partial charge in [0, 0.05) is 6.54 Å². The number of hydrogen-bond acceptors (Lipinski definition) is 4. The summed E-state index contributed by atoms with van der Waals surface area (Å²) in [6.07, 6.45) is 0. The largest absolute Gasteiger partial charge is 0.468 e. The molecule has 1 amide bonds. The molecule has 0 bridgehead atoms. The average molecular weight is 277 g/mol. The lowest BCUT2D eigenvalue weighted by molar-refractivity contribution is -0.154. The Bertz CT molecular complexity index is 474. The molecule has 1 saturated heterocycles. The molecular weight excluding hydrogens is 258 g/mol. The summed E-state index contributed by atoms with van der Waals surface area (Å²) in [5.41, 5.74) is 1.03. The third kappa shape index (κ3) is 3.17. The number of nitrogens with zero attached hydrogens (tertiary/aromatic N) is 1. The number of amides is 1. The Hall–Kier alpha value is -1.88. The Morgan fingerprint density at radius 3 is 2.70 bits per heavy atom. The van der Waals surface area contributed by atoms with Crippen molar-refractivity contribution >= 4 is 11.9 Å². The van der Waals surface area contributed by atoms with Gasteiger partial charge in [0.05, 0.1) is 26.4 Å². The van der Waals surface area contributed by atoms with Crippen LogP contribution in [-0.2, 0) is 25.6 Å². The van der Waals surface area contributed by atoms with Crippen LogP contribution in [0.25, 0.3) is 0 Å². The van der Waals surface area contributed by atoms with Crippen molar-refractivity contribution in [3.8, 4) is 0 Å². The monoisotopic (exact) mass is 277 g/mol. The lowest BCUT2D eigenvalue weighted by atomic mass is 10.1. The highest BCUT2D eigenvalue weighted by molar-refractivity contribution is 5.98. The van der Waals surface area contributed by atoms with E-state index < -0.39 is 11.9 Å². The average Bonchev–Trinajstić information content (AvgIpc) is 2.61. The molecule has 0 spiro atoms. The smallest absolute Gasteiger partial charge is 0.320 e. The fourth-order valence-corrected chi connectivity index (χ4v) is 2.26. The molecular formula is C15H19NO4. The quantitative estimate of drug-likeness (QED) is 0.616. The number of esters is 1. The number of hydrogen-bond donors (Lipinski definition) is 0. The maximum Gasteiger partial charge on any atom is 0.320 e. The van der Waals surface area contributed by atoms with Gasteiger partial charge in [0.1, 0.15) is 0 Å². The molecule has 5 heteroatoms. The van der Waals surface area contributed by atoms with Crippen molar-refractivity contribution in [2.45, 2.75) is 19.5 Å². The van der Waals surface area contributed by atoms with Crippen LogP contribution in [0.5, 0.6) is 0 Å². The number of benzene rings is 1. The van der Waals surface area contributed by atoms with Gasteiger partial charge in [-0.3, -0.25) is 9.59 Å². The molecule has 1 fully saturated rings. The molecule has 108 valence electrons. The van der Waals surface area contributed by atoms with Crippen molar-refractivity contribution in [2.24, 2.45) is 5.92 Å². The van der Waals surface area contributed by atoms with Crippen LogP contribution in [0.1, 0.15) is 12.5 Å². The molecule has 2 atom stereocenters. The Morgan fingerprint density at radius 2 is 2.05 bits per heavy atom. The minimum atomic E-state index is -0.867. The summed E-state index contributed by atoms with van der Waals surface area (Å²) in [6.45, 7) is 2.89. The van der Waals surface area contributed by atoms with Gasteiger partial charge in [-0.2, -0.15) is 0 Å². The molecule has 0 N–H and O–H groups in total. The molecule has 2 unspecified atom stereocenters. The Morgan fingerprint density at radius 1 is 1.35 bits per heavy atom. The van der Waals surface area contributed by atoms with E-state index in [-0.39, 0.29) is 18.6 Å². The summed E-state index contributed by atoms with van der Waals surface area (Å²) in [6, 6.07) is 9.63. The topological polar surface area (TPSA) is 55.8 Å². The summed E-state index contributed by atoms with van der Waals surface area (Å²) in [7, 11) is 1.28. The zero-order valence-electron chi connectivity index (χ0n) is 11.7. The number of ether oxygens (including phenoxy) is 2. The van der Waals surface area contributed by atoms with E-state index in [1.54, 1.807) is 4.90 Å². The predicted molar refractivity (Wildman–Crippen MR) is 72.8 cm³/mol. The molecule has 0 aromatic heterocycles. The first-order valence-corrected chi connectivity index (χ1v) is 6.63. The zero-order valence-corrected chi connectivity index (χ0v) is 11.7. The minimum Gasteiger partial charge on any atom is -0.468 e. The van der Waals surface area contributed by atoms with Crippen LogP contribution in [0.3, 0.4) is 0 Å². The van der Waals surface area contributed by atoms with E-state index in [1.165, 1.54) is 7.11 Å². The first-order valence-electron chi connectivity index (χ1n) is 6.63. The molecule has 0 aliphatic carbocycles. The molecule has 1 heterocycles. The van der Waals surface area contributed by atoms with Crippen molar-refractivity contribution < 1.29 is 19.1 Å². The van der Waals surface area contributed by atoms with E-state index in [0.29, 0.717) is 13.2 Å². The van der Waals surface area contributed by atoms with Gasteiger partial charge < -0.3 is 14.4 Å². The van der Waals surface area contributed by atoms with E-state index in [4.69, 9.17) is 4.74 Å². The van der Waals surface area contributed by atoms with Crippen LogP contribution >= 0.6 is 0 Å². The van der Waals surface area contributed by atoms with Gasteiger partial charge in [-0.1, -0.05) is 30.3 Å². The van der Waals surface area contributed by atoms with Gasteiger partial charge in [0.25, 0.3) is 0 Å². The number of methoxy groups -OCH3 is 1. The third-order valence-corrected chi connectivity index (χ3v) is 3.44. The summed E-state index contributed by atoms with van der Waals surface area (Å²) in [5.74, 6) is -1.64. The molecule has 20 heavy (non-hydrogen) atoms. The highest BCUT2D eigenvalue weighted by atomic mass is 16.5. The lowest BCUT2D eigenvalue weighted by Gasteiger charge is -2.28. The molecule has 0 saturated carbocycles. The van der Waals surface area contributed by atoms with Crippen molar-refractivity contribution in [1.82, 2.24) is 4.90 Å². The first-order chi connectivity index (χ1) is 9.63. The van der Waals surface area contributed by atoms with Crippen molar-refractivity contribution in [1.29, 1.82) is 0 Å². The van der Waals surface area contributed by atoms with Crippen LogP contribution in [0, 0.1) is 5.92 Å². The van der Waals surface area contributed by atoms with Crippen LogP contribution in [0.4, 0.5) is 0 Å². The van der Waals surface area contributed by atoms with E-state index in [0.717, 1.165) is 5.56 Å². The van der Waals surface area contributed by atoms with Gasteiger partial charge in [-0.25, -0.2) is 0 Å². The summed E-state index contributed by atoms with van der Waals surface area (Å²) in [5, 5.41) is 0. The fraction of sp³-hybridized carbons (Fsp3) is 0.467. The molecule has 2 rings (SSSR count). The summed E-state index contributed by atoms with van der Waals surface area (Å²) < 4.78 is 10.1. The summed E-state index contributed by atoms with van der Waals surface area (Å²) >= 11 is 0. The second-order valence-corrected chi connectivity index (χ2v) is 4.91. The SMILES string of the molecule is COC(=O)C1COCC(C)N(Cc2ccccc2)C1=O. The second-order valence-electron chi connectivity index (χ2n) is 4.91. The maximum atomic E-state index is 12.5. The van der Waals surface area contributed by atoms with E-state index >= 15 is 0 Å². The van der Waals surface area contributed by atoms with Crippen LogP contribution in [0.15, 0.2) is 30.3 Å². The standard InChI is InChI=1S/C15H19NO4/c1-11-9-20-10-13(15(18)19-2)14(17)16(11)8-12-6-4-3-5-7-12/h3-7,11,13H,8-10H2,1-2H3. The lowest BCUT2D eigenvalue weighted by Crippen LogP contribution is -2.43. The Balaban J connectivity index is 2.19. The number of carbonyl (C=O) groups excluding carboxylic acids is 2. The third-order valence-electron chi connectivity index (χ3n) is 3.44. The second kappa shape index (κ2) is 6.52. The highest BCUT2D eigenvalue weighted by Gasteiger charge is 2.36.